The lowest BCUT2D eigenvalue weighted by atomic mass is 9.84. The molecule has 2 aromatic rings. The van der Waals surface area contributed by atoms with Crippen molar-refractivity contribution in [1.29, 1.82) is 10.7 Å². The summed E-state index contributed by atoms with van der Waals surface area (Å²) in [6, 6.07) is 7.50. The van der Waals surface area contributed by atoms with E-state index in [2.05, 4.69) is 31.7 Å². The Morgan fingerprint density at radius 1 is 1.22 bits per heavy atom. The average Bonchev–Trinajstić information content (AvgIpc) is 3.15. The first kappa shape index (κ1) is 25.3. The maximum Gasteiger partial charge on any atom is 0.197 e. The monoisotopic (exact) mass is 494 g/mol. The number of rotatable bonds is 7. The normalized spacial score (nSPS) is 14.6. The van der Waals surface area contributed by atoms with Crippen LogP contribution in [-0.4, -0.2) is 57.0 Å². The molecule has 0 amide bonds. The highest BCUT2D eigenvalue weighted by Gasteiger charge is 2.34. The number of Topliss-reactive ketones (excluding diaryl/α,β-unsaturated/α-hetero) is 1. The topological polar surface area (TPSA) is 98.9 Å². The number of methoxy groups -OCH3 is 2. The molecule has 2 heterocycles. The van der Waals surface area contributed by atoms with Crippen LogP contribution in [0.3, 0.4) is 0 Å². The minimum Gasteiger partial charge on any atom is -0.493 e. The standard InChI is InChI=1S/C27H31FN4O4/c1-27(2,3)18-11-16(12-19-24(18)36-10-9-31(19)8-6-7-29)20(33)15-32-14-17-13-21(34-4)25(35-5)23(28)22(17)26(32)30/h11-13,30H,6,8-10,14-15H2,1-5H3. The summed E-state index contributed by atoms with van der Waals surface area (Å²) in [6.45, 7) is 8.00. The third-order valence-corrected chi connectivity index (χ3v) is 6.58. The van der Waals surface area contributed by atoms with Crippen molar-refractivity contribution in [2.45, 2.75) is 39.2 Å². The van der Waals surface area contributed by atoms with Gasteiger partial charge in [0.25, 0.3) is 0 Å². The third-order valence-electron chi connectivity index (χ3n) is 6.58. The first-order chi connectivity index (χ1) is 17.1. The predicted octanol–water partition coefficient (Wildman–Crippen LogP) is 4.28. The Kier molecular flexibility index (Phi) is 6.81. The van der Waals surface area contributed by atoms with Gasteiger partial charge in [-0.1, -0.05) is 20.8 Å². The average molecular weight is 495 g/mol. The second-order valence-corrected chi connectivity index (χ2v) is 9.95. The van der Waals surface area contributed by atoms with Crippen molar-refractivity contribution in [2.24, 2.45) is 0 Å². The third kappa shape index (κ3) is 4.43. The Morgan fingerprint density at radius 3 is 2.61 bits per heavy atom. The van der Waals surface area contributed by atoms with Gasteiger partial charge in [-0.25, -0.2) is 4.39 Å². The molecule has 2 aliphatic heterocycles. The summed E-state index contributed by atoms with van der Waals surface area (Å²) in [7, 11) is 2.78. The summed E-state index contributed by atoms with van der Waals surface area (Å²) in [5, 5.41) is 17.6. The number of carbonyl (C=O) groups is 1. The molecule has 2 aliphatic rings. The summed E-state index contributed by atoms with van der Waals surface area (Å²) in [6.07, 6.45) is 0.365. The Balaban J connectivity index is 1.67. The van der Waals surface area contributed by atoms with Gasteiger partial charge < -0.3 is 24.0 Å². The molecule has 0 aliphatic carbocycles. The molecule has 0 unspecified atom stereocenters. The van der Waals surface area contributed by atoms with E-state index in [0.29, 0.717) is 37.2 Å². The van der Waals surface area contributed by atoms with Crippen molar-refractivity contribution in [1.82, 2.24) is 4.90 Å². The van der Waals surface area contributed by atoms with Crippen LogP contribution in [0.15, 0.2) is 18.2 Å². The maximum atomic E-state index is 15.1. The van der Waals surface area contributed by atoms with Crippen molar-refractivity contribution in [3.8, 4) is 23.3 Å². The van der Waals surface area contributed by atoms with Gasteiger partial charge in [0.2, 0.25) is 0 Å². The van der Waals surface area contributed by atoms with Crippen LogP contribution in [-0.2, 0) is 12.0 Å². The van der Waals surface area contributed by atoms with E-state index < -0.39 is 5.82 Å². The van der Waals surface area contributed by atoms with Gasteiger partial charge in [0.15, 0.2) is 23.1 Å². The number of carbonyl (C=O) groups excluding carboxylic acids is 1. The second-order valence-electron chi connectivity index (χ2n) is 9.95. The lowest BCUT2D eigenvalue weighted by molar-refractivity contribution is 0.0962. The summed E-state index contributed by atoms with van der Waals surface area (Å²) < 4.78 is 31.5. The molecular formula is C27H31FN4O4. The molecule has 0 spiro atoms. The molecule has 0 saturated carbocycles. The first-order valence-corrected chi connectivity index (χ1v) is 11.8. The van der Waals surface area contributed by atoms with Gasteiger partial charge in [-0.2, -0.15) is 5.26 Å². The molecule has 8 nitrogen and oxygen atoms in total. The molecule has 0 fully saturated rings. The van der Waals surface area contributed by atoms with E-state index in [1.165, 1.54) is 14.2 Å². The molecular weight excluding hydrogens is 463 g/mol. The summed E-state index contributed by atoms with van der Waals surface area (Å²) >= 11 is 0. The molecule has 9 heteroatoms. The van der Waals surface area contributed by atoms with E-state index in [-0.39, 0.29) is 47.2 Å². The lowest BCUT2D eigenvalue weighted by Crippen LogP contribution is -2.35. The number of hydrogen-bond acceptors (Lipinski definition) is 7. The molecule has 0 saturated heterocycles. The quantitative estimate of drug-likeness (QED) is 0.574. The number of nitrogens with one attached hydrogen (secondary N) is 1. The van der Waals surface area contributed by atoms with Crippen molar-refractivity contribution in [3.63, 3.8) is 0 Å². The van der Waals surface area contributed by atoms with E-state index in [1.54, 1.807) is 11.0 Å². The minimum atomic E-state index is -0.666. The summed E-state index contributed by atoms with van der Waals surface area (Å²) in [5.74, 6) is 0.00956. The highest BCUT2D eigenvalue weighted by Crippen LogP contribution is 2.43. The fourth-order valence-corrected chi connectivity index (χ4v) is 4.74. The number of hydrogen-bond donors (Lipinski definition) is 1. The molecule has 1 N–H and O–H groups in total. The highest BCUT2D eigenvalue weighted by molar-refractivity contribution is 6.06. The summed E-state index contributed by atoms with van der Waals surface area (Å²) in [5.41, 5.74) is 2.60. The van der Waals surface area contributed by atoms with Gasteiger partial charge in [-0.3, -0.25) is 10.2 Å². The number of fused-ring (bicyclic) bond motifs is 2. The van der Waals surface area contributed by atoms with Gasteiger partial charge in [0.05, 0.1) is 51.0 Å². The van der Waals surface area contributed by atoms with E-state index in [1.807, 2.05) is 12.1 Å². The van der Waals surface area contributed by atoms with Crippen molar-refractivity contribution in [2.75, 3.05) is 45.4 Å². The fraction of sp³-hybridized carbons (Fsp3) is 0.444. The molecule has 0 radical (unpaired) electrons. The maximum absolute atomic E-state index is 15.1. The van der Waals surface area contributed by atoms with Crippen LogP contribution in [0.4, 0.5) is 10.1 Å². The van der Waals surface area contributed by atoms with E-state index in [0.717, 1.165) is 17.0 Å². The zero-order valence-corrected chi connectivity index (χ0v) is 21.3. The first-order valence-electron chi connectivity index (χ1n) is 11.8. The number of benzene rings is 2. The van der Waals surface area contributed by atoms with E-state index in [4.69, 9.17) is 24.9 Å². The smallest absolute Gasteiger partial charge is 0.197 e. The molecule has 190 valence electrons. The second kappa shape index (κ2) is 9.69. The highest BCUT2D eigenvalue weighted by atomic mass is 19.1. The van der Waals surface area contributed by atoms with Gasteiger partial charge in [-0.05, 0) is 29.2 Å². The van der Waals surface area contributed by atoms with Crippen molar-refractivity contribution >= 4 is 17.3 Å². The van der Waals surface area contributed by atoms with Crippen molar-refractivity contribution < 1.29 is 23.4 Å². The van der Waals surface area contributed by atoms with Crippen LogP contribution in [0.1, 0.15) is 54.2 Å². The molecule has 2 aromatic carbocycles. The van der Waals surface area contributed by atoms with Crippen LogP contribution in [0.25, 0.3) is 0 Å². The Hall–Kier alpha value is -3.80. The fourth-order valence-electron chi connectivity index (χ4n) is 4.74. The van der Waals surface area contributed by atoms with Crippen LogP contribution in [0.5, 0.6) is 17.2 Å². The van der Waals surface area contributed by atoms with Gasteiger partial charge in [0, 0.05) is 24.2 Å². The molecule has 0 atom stereocenters. The van der Waals surface area contributed by atoms with Crippen molar-refractivity contribution in [3.05, 3.63) is 46.3 Å². The SMILES string of the molecule is COc1cc2c(c(F)c1OC)C(=N)N(CC(=O)c1cc3c(c(C(C)(C)C)c1)OCCN3CCC#N)C2. The number of ether oxygens (including phenoxy) is 3. The minimum absolute atomic E-state index is 0.0591. The Morgan fingerprint density at radius 2 is 1.97 bits per heavy atom. The Labute approximate surface area is 210 Å². The number of nitriles is 1. The number of halogens is 1. The lowest BCUT2D eigenvalue weighted by Gasteiger charge is -2.35. The number of ketones is 1. The van der Waals surface area contributed by atoms with E-state index >= 15 is 4.39 Å². The molecule has 0 aromatic heterocycles. The van der Waals surface area contributed by atoms with Crippen LogP contribution in [0.2, 0.25) is 0 Å². The molecule has 4 rings (SSSR count). The number of amidine groups is 1. The number of nitrogens with zero attached hydrogens (tertiary/aromatic N) is 3. The van der Waals surface area contributed by atoms with Crippen LogP contribution >= 0.6 is 0 Å². The van der Waals surface area contributed by atoms with Crippen LogP contribution in [0, 0.1) is 22.6 Å². The van der Waals surface area contributed by atoms with Crippen LogP contribution < -0.4 is 19.1 Å². The van der Waals surface area contributed by atoms with Gasteiger partial charge in [0.1, 0.15) is 18.2 Å². The van der Waals surface area contributed by atoms with Gasteiger partial charge >= 0.3 is 0 Å². The predicted molar refractivity (Wildman–Crippen MR) is 134 cm³/mol. The summed E-state index contributed by atoms with van der Waals surface area (Å²) in [4.78, 5) is 17.2. The zero-order chi connectivity index (χ0) is 26.2. The number of anilines is 1. The largest absolute Gasteiger partial charge is 0.493 e. The van der Waals surface area contributed by atoms with E-state index in [9.17, 15) is 4.79 Å². The molecule has 36 heavy (non-hydrogen) atoms. The zero-order valence-electron chi connectivity index (χ0n) is 21.3. The Bertz CT molecular complexity index is 1260. The van der Waals surface area contributed by atoms with Gasteiger partial charge in [-0.15, -0.1) is 0 Å². The molecule has 0 bridgehead atoms.